The molecule has 8 nitrogen and oxygen atoms in total. The van der Waals surface area contributed by atoms with Crippen molar-refractivity contribution in [2.24, 2.45) is 0 Å². The third-order valence-corrected chi connectivity index (χ3v) is 5.26. The number of nitrogens with zero attached hydrogens (tertiary/aromatic N) is 2. The summed E-state index contributed by atoms with van der Waals surface area (Å²) in [5, 5.41) is 16.8. The van der Waals surface area contributed by atoms with E-state index in [2.05, 4.69) is 15.6 Å². The van der Waals surface area contributed by atoms with Gasteiger partial charge in [0.25, 0.3) is 5.91 Å². The molecule has 0 radical (unpaired) electrons. The quantitative estimate of drug-likeness (QED) is 0.389. The van der Waals surface area contributed by atoms with E-state index in [9.17, 15) is 19.5 Å². The second-order valence-electron chi connectivity index (χ2n) is 7.35. The minimum atomic E-state index is -1.13. The van der Waals surface area contributed by atoms with Gasteiger partial charge >= 0.3 is 12.0 Å². The van der Waals surface area contributed by atoms with Crippen LogP contribution in [0, 0.1) is 0 Å². The van der Waals surface area contributed by atoms with Crippen LogP contribution in [0.3, 0.4) is 0 Å². The lowest BCUT2D eigenvalue weighted by Gasteiger charge is -2.16. The number of carboxylic acid groups (broad SMARTS) is 1. The van der Waals surface area contributed by atoms with Gasteiger partial charge in [-0.1, -0.05) is 36.4 Å². The summed E-state index contributed by atoms with van der Waals surface area (Å²) < 4.78 is 1.50. The molecule has 3 N–H and O–H groups in total. The van der Waals surface area contributed by atoms with Gasteiger partial charge < -0.3 is 15.7 Å². The van der Waals surface area contributed by atoms with Crippen molar-refractivity contribution in [1.82, 2.24) is 20.2 Å². The molecule has 0 bridgehead atoms. The van der Waals surface area contributed by atoms with Crippen molar-refractivity contribution in [1.29, 1.82) is 0 Å². The van der Waals surface area contributed by atoms with Crippen molar-refractivity contribution in [3.63, 3.8) is 0 Å². The van der Waals surface area contributed by atoms with Gasteiger partial charge in [0, 0.05) is 29.7 Å². The maximum Gasteiger partial charge on any atom is 0.327 e. The van der Waals surface area contributed by atoms with Gasteiger partial charge in [-0.3, -0.25) is 14.3 Å². The van der Waals surface area contributed by atoms with Crippen molar-refractivity contribution in [3.05, 3.63) is 78.6 Å². The van der Waals surface area contributed by atoms with Crippen LogP contribution in [0.25, 0.3) is 21.8 Å². The number of amides is 2. The van der Waals surface area contributed by atoms with Crippen LogP contribution in [0.15, 0.2) is 73.1 Å². The van der Waals surface area contributed by atoms with E-state index in [0.717, 1.165) is 10.8 Å². The number of carbonyl (C=O) groups excluding carboxylic acids is 2. The molecule has 2 heterocycles. The molecule has 8 heteroatoms. The Labute approximate surface area is 183 Å². The van der Waals surface area contributed by atoms with E-state index >= 15 is 0 Å². The highest BCUT2D eigenvalue weighted by Gasteiger charge is 2.23. The summed E-state index contributed by atoms with van der Waals surface area (Å²) in [7, 11) is 0. The lowest BCUT2D eigenvalue weighted by molar-refractivity contribution is -0.139. The zero-order valence-corrected chi connectivity index (χ0v) is 17.2. The number of pyridine rings is 1. The van der Waals surface area contributed by atoms with Crippen LogP contribution in [0.1, 0.15) is 23.2 Å². The van der Waals surface area contributed by atoms with E-state index in [1.165, 1.54) is 10.8 Å². The molecular weight excluding hydrogens is 408 g/mol. The number of aliphatic carboxylic acids is 1. The maximum absolute atomic E-state index is 13.1. The van der Waals surface area contributed by atoms with Crippen LogP contribution in [0.2, 0.25) is 0 Å². The number of hydrogen-bond acceptors (Lipinski definition) is 4. The number of carbonyl (C=O) groups is 3. The normalized spacial score (nSPS) is 11.9. The molecule has 0 spiro atoms. The number of aromatic nitrogens is 2. The maximum atomic E-state index is 13.1. The van der Waals surface area contributed by atoms with Crippen LogP contribution in [-0.2, 0) is 4.79 Å². The first kappa shape index (κ1) is 21.0. The second kappa shape index (κ2) is 9.30. The lowest BCUT2D eigenvalue weighted by atomic mass is 10.1. The van der Waals surface area contributed by atoms with Gasteiger partial charge in [-0.25, -0.2) is 9.59 Å². The molecule has 4 aromatic rings. The molecule has 2 aromatic carbocycles. The van der Waals surface area contributed by atoms with Gasteiger partial charge in [0.2, 0.25) is 0 Å². The monoisotopic (exact) mass is 430 g/mol. The van der Waals surface area contributed by atoms with Crippen LogP contribution in [0.5, 0.6) is 0 Å². The molecule has 0 aliphatic carbocycles. The Morgan fingerprint density at radius 2 is 1.59 bits per heavy atom. The predicted octanol–water partition coefficient (Wildman–Crippen LogP) is 3.41. The van der Waals surface area contributed by atoms with Crippen molar-refractivity contribution in [3.8, 4) is 0 Å². The first-order valence-electron chi connectivity index (χ1n) is 10.3. The molecule has 0 unspecified atom stereocenters. The summed E-state index contributed by atoms with van der Waals surface area (Å²) in [6.07, 6.45) is 3.59. The number of nitrogens with one attached hydrogen (secondary N) is 2. The molecule has 1 atom stereocenters. The summed E-state index contributed by atoms with van der Waals surface area (Å²) in [5.74, 6) is -1.41. The molecule has 4 rings (SSSR count). The fourth-order valence-electron chi connectivity index (χ4n) is 3.72. The van der Waals surface area contributed by atoms with Gasteiger partial charge in [0.05, 0.1) is 16.6 Å². The molecule has 2 aromatic heterocycles. The number of para-hydroxylation sites is 2. The predicted molar refractivity (Wildman–Crippen MR) is 121 cm³/mol. The molecule has 0 saturated heterocycles. The molecule has 2 amide bonds. The third kappa shape index (κ3) is 4.29. The Morgan fingerprint density at radius 1 is 0.938 bits per heavy atom. The number of rotatable bonds is 7. The van der Waals surface area contributed by atoms with Crippen molar-refractivity contribution in [2.75, 3.05) is 6.54 Å². The largest absolute Gasteiger partial charge is 0.480 e. The first-order valence-corrected chi connectivity index (χ1v) is 10.3. The van der Waals surface area contributed by atoms with E-state index in [-0.39, 0.29) is 18.9 Å². The van der Waals surface area contributed by atoms with Crippen LogP contribution in [-0.4, -0.2) is 45.2 Å². The minimum absolute atomic E-state index is 0.172. The van der Waals surface area contributed by atoms with Crippen LogP contribution in [0.4, 0.5) is 4.79 Å². The SMILES string of the molecule is O=C(NCCC[C@H](NC(=O)n1c2ccccc2c2ccccc21)C(=O)O)c1cccnc1. The highest BCUT2D eigenvalue weighted by atomic mass is 16.4. The highest BCUT2D eigenvalue weighted by Crippen LogP contribution is 2.28. The Balaban J connectivity index is 1.44. The zero-order chi connectivity index (χ0) is 22.5. The summed E-state index contributed by atoms with van der Waals surface area (Å²) in [6.45, 7) is 0.281. The van der Waals surface area contributed by atoms with Crippen LogP contribution >= 0.6 is 0 Å². The Hall–Kier alpha value is -4.20. The van der Waals surface area contributed by atoms with E-state index in [0.29, 0.717) is 23.0 Å². The topological polar surface area (TPSA) is 113 Å². The van der Waals surface area contributed by atoms with Gasteiger partial charge in [-0.05, 0) is 37.1 Å². The fraction of sp³-hybridized carbons (Fsp3) is 0.167. The smallest absolute Gasteiger partial charge is 0.327 e. The Bertz CT molecular complexity index is 1230. The molecule has 32 heavy (non-hydrogen) atoms. The Kier molecular flexibility index (Phi) is 6.12. The van der Waals surface area contributed by atoms with Gasteiger partial charge in [0.1, 0.15) is 6.04 Å². The number of hydrogen-bond donors (Lipinski definition) is 3. The molecule has 162 valence electrons. The standard InChI is InChI=1S/C24H22N4O4/c29-22(16-7-5-13-25-15-16)26-14-6-10-19(23(30)31)27-24(32)28-20-11-3-1-8-17(20)18-9-2-4-12-21(18)28/h1-5,7-9,11-13,15,19H,6,10,14H2,(H,26,29)(H,27,32)(H,30,31)/t19-/m0/s1. The number of carboxylic acids is 1. The molecular formula is C24H22N4O4. The third-order valence-electron chi connectivity index (χ3n) is 5.26. The van der Waals surface area contributed by atoms with Gasteiger partial charge in [0.15, 0.2) is 0 Å². The average molecular weight is 430 g/mol. The minimum Gasteiger partial charge on any atom is -0.480 e. The summed E-state index contributed by atoms with van der Waals surface area (Å²) in [4.78, 5) is 40.8. The number of fused-ring (bicyclic) bond motifs is 3. The van der Waals surface area contributed by atoms with Crippen molar-refractivity contribution >= 4 is 39.7 Å². The van der Waals surface area contributed by atoms with Crippen molar-refractivity contribution < 1.29 is 19.5 Å². The fourth-order valence-corrected chi connectivity index (χ4v) is 3.72. The summed E-state index contributed by atoms with van der Waals surface area (Å²) in [5.41, 5.74) is 1.85. The van der Waals surface area contributed by atoms with Gasteiger partial charge in [-0.15, -0.1) is 0 Å². The van der Waals surface area contributed by atoms with E-state index in [1.807, 2.05) is 48.5 Å². The molecule has 0 aliphatic rings. The number of benzene rings is 2. The van der Waals surface area contributed by atoms with Crippen molar-refractivity contribution in [2.45, 2.75) is 18.9 Å². The molecule has 0 saturated carbocycles. The summed E-state index contributed by atoms with van der Waals surface area (Å²) in [6, 6.07) is 16.7. The van der Waals surface area contributed by atoms with E-state index in [1.54, 1.807) is 18.3 Å². The first-order chi connectivity index (χ1) is 15.6. The van der Waals surface area contributed by atoms with E-state index < -0.39 is 18.0 Å². The van der Waals surface area contributed by atoms with E-state index in [4.69, 9.17) is 0 Å². The average Bonchev–Trinajstić information content (AvgIpc) is 3.16. The lowest BCUT2D eigenvalue weighted by Crippen LogP contribution is -2.43. The highest BCUT2D eigenvalue weighted by molar-refractivity contribution is 6.13. The van der Waals surface area contributed by atoms with Crippen LogP contribution < -0.4 is 10.6 Å². The Morgan fingerprint density at radius 3 is 2.19 bits per heavy atom. The van der Waals surface area contributed by atoms with Gasteiger partial charge in [-0.2, -0.15) is 0 Å². The molecule has 0 aliphatic heterocycles. The molecule has 0 fully saturated rings. The zero-order valence-electron chi connectivity index (χ0n) is 17.2. The second-order valence-corrected chi connectivity index (χ2v) is 7.35. The summed E-state index contributed by atoms with van der Waals surface area (Å²) >= 11 is 0.